The Balaban J connectivity index is 0.000000161. The average Bonchev–Trinajstić information content (AvgIpc) is 3.24. The van der Waals surface area contributed by atoms with Crippen LogP contribution in [0.5, 0.6) is 0 Å². The van der Waals surface area contributed by atoms with Crippen LogP contribution in [0.4, 0.5) is 5.13 Å². The lowest BCUT2D eigenvalue weighted by Crippen LogP contribution is -2.12. The number of unbranched alkanes of at least 4 members (excludes halogenated alkanes) is 2. The summed E-state index contributed by atoms with van der Waals surface area (Å²) in [6.07, 6.45) is 15.8. The Kier molecular flexibility index (Phi) is 8.34. The molecule has 0 saturated heterocycles. The fraction of sp³-hybridized carbons (Fsp3) is 0.739. The van der Waals surface area contributed by atoms with Crippen molar-refractivity contribution < 1.29 is 0 Å². The summed E-state index contributed by atoms with van der Waals surface area (Å²) in [7, 11) is 0. The van der Waals surface area contributed by atoms with Gasteiger partial charge in [0.05, 0.1) is 16.4 Å². The van der Waals surface area contributed by atoms with E-state index in [-0.39, 0.29) is 0 Å². The van der Waals surface area contributed by atoms with Crippen molar-refractivity contribution in [2.24, 2.45) is 11.8 Å². The third kappa shape index (κ3) is 6.03. The molecule has 2 aliphatic carbocycles. The molecule has 2 aliphatic rings. The molecule has 28 heavy (non-hydrogen) atoms. The number of nitrogen functional groups attached to an aromatic ring is 1. The minimum Gasteiger partial charge on any atom is -0.375 e. The molecule has 0 radical (unpaired) electrons. The van der Waals surface area contributed by atoms with E-state index < -0.39 is 0 Å². The summed E-state index contributed by atoms with van der Waals surface area (Å²) < 4.78 is 0. The van der Waals surface area contributed by atoms with Gasteiger partial charge in [-0.1, -0.05) is 52.4 Å². The third-order valence-electron chi connectivity index (χ3n) is 6.14. The highest BCUT2D eigenvalue weighted by atomic mass is 32.1. The zero-order chi connectivity index (χ0) is 19.9. The van der Waals surface area contributed by atoms with Crippen LogP contribution >= 0.6 is 22.7 Å². The standard InChI is InChI=1S/C12H19NS.C11H18N2S/c1-3-4-5-10-6-7-11-12(8-10)14-9(2)13-11;1-2-3-4-8-5-6-9-10(7-8)14-11(12)13-9/h10H,3-8H2,1-2H3;8H,2-7H2,1H3,(H2,12,13)/t10-;8-/m11/s1. The number of thiazole rings is 2. The second-order valence-electron chi connectivity index (χ2n) is 8.53. The van der Waals surface area contributed by atoms with Gasteiger partial charge in [0, 0.05) is 9.75 Å². The van der Waals surface area contributed by atoms with Gasteiger partial charge < -0.3 is 5.73 Å². The summed E-state index contributed by atoms with van der Waals surface area (Å²) in [5.41, 5.74) is 8.39. The molecule has 5 heteroatoms. The van der Waals surface area contributed by atoms with Crippen molar-refractivity contribution in [2.45, 2.75) is 97.8 Å². The molecular weight excluding hydrogens is 382 g/mol. The molecule has 0 unspecified atom stereocenters. The second-order valence-corrected chi connectivity index (χ2v) is 10.9. The van der Waals surface area contributed by atoms with Crippen LogP contribution in [0.3, 0.4) is 0 Å². The summed E-state index contributed by atoms with van der Waals surface area (Å²) in [6.45, 7) is 6.67. The SMILES string of the molecule is CCCC[C@@H]1CCc2nc(C)sc2C1.CCCC[C@@H]1CCc2nc(N)sc2C1. The van der Waals surface area contributed by atoms with Gasteiger partial charge in [-0.15, -0.1) is 22.7 Å². The highest BCUT2D eigenvalue weighted by Gasteiger charge is 2.22. The summed E-state index contributed by atoms with van der Waals surface area (Å²) >= 11 is 3.61. The van der Waals surface area contributed by atoms with Crippen LogP contribution < -0.4 is 5.73 Å². The molecule has 0 saturated carbocycles. The molecule has 0 spiro atoms. The molecule has 2 heterocycles. The van der Waals surface area contributed by atoms with Crippen molar-refractivity contribution in [3.63, 3.8) is 0 Å². The lowest BCUT2D eigenvalue weighted by molar-refractivity contribution is 0.414. The minimum absolute atomic E-state index is 0.756. The predicted molar refractivity (Wildman–Crippen MR) is 123 cm³/mol. The van der Waals surface area contributed by atoms with Crippen LogP contribution in [0.2, 0.25) is 0 Å². The Morgan fingerprint density at radius 2 is 1.39 bits per heavy atom. The molecule has 0 bridgehead atoms. The first-order valence-corrected chi connectivity index (χ1v) is 12.9. The summed E-state index contributed by atoms with van der Waals surface area (Å²) in [4.78, 5) is 12.0. The van der Waals surface area contributed by atoms with Crippen molar-refractivity contribution in [1.82, 2.24) is 9.97 Å². The molecule has 2 aromatic heterocycles. The van der Waals surface area contributed by atoms with Crippen molar-refractivity contribution in [2.75, 3.05) is 5.73 Å². The van der Waals surface area contributed by atoms with E-state index in [2.05, 4.69) is 30.7 Å². The van der Waals surface area contributed by atoms with Gasteiger partial charge in [0.15, 0.2) is 5.13 Å². The fourth-order valence-corrected chi connectivity index (χ4v) is 6.60. The van der Waals surface area contributed by atoms with Crippen LogP contribution in [0.1, 0.15) is 91.4 Å². The summed E-state index contributed by atoms with van der Waals surface area (Å²) in [5.74, 6) is 1.84. The minimum atomic E-state index is 0.756. The number of hydrogen-bond donors (Lipinski definition) is 1. The molecule has 4 rings (SSSR count). The van der Waals surface area contributed by atoms with Crippen molar-refractivity contribution in [3.8, 4) is 0 Å². The van der Waals surface area contributed by atoms with E-state index in [4.69, 9.17) is 5.73 Å². The predicted octanol–water partition coefficient (Wildman–Crippen LogP) is 6.77. The monoisotopic (exact) mass is 419 g/mol. The van der Waals surface area contributed by atoms with Gasteiger partial charge in [-0.3, -0.25) is 0 Å². The summed E-state index contributed by atoms with van der Waals surface area (Å²) in [6, 6.07) is 0. The first-order chi connectivity index (χ1) is 13.6. The van der Waals surface area contributed by atoms with E-state index in [1.54, 1.807) is 16.2 Å². The Hall–Kier alpha value is -0.940. The summed E-state index contributed by atoms with van der Waals surface area (Å²) in [5, 5.41) is 2.01. The molecule has 156 valence electrons. The molecular formula is C23H37N3S2. The van der Waals surface area contributed by atoms with Crippen LogP contribution in [0, 0.1) is 18.8 Å². The maximum atomic E-state index is 5.71. The van der Waals surface area contributed by atoms with E-state index in [9.17, 15) is 0 Å². The number of aryl methyl sites for hydroxylation is 3. The maximum Gasteiger partial charge on any atom is 0.180 e. The molecule has 2 N–H and O–H groups in total. The van der Waals surface area contributed by atoms with Crippen LogP contribution in [-0.4, -0.2) is 9.97 Å². The van der Waals surface area contributed by atoms with Gasteiger partial charge in [0.2, 0.25) is 0 Å². The number of nitrogens with zero attached hydrogens (tertiary/aromatic N) is 2. The van der Waals surface area contributed by atoms with Gasteiger partial charge in [0.1, 0.15) is 0 Å². The number of nitrogens with two attached hydrogens (primary N) is 1. The maximum absolute atomic E-state index is 5.71. The van der Waals surface area contributed by atoms with E-state index >= 15 is 0 Å². The lowest BCUT2D eigenvalue weighted by atomic mass is 9.87. The van der Waals surface area contributed by atoms with Gasteiger partial charge in [-0.25, -0.2) is 9.97 Å². The highest BCUT2D eigenvalue weighted by molar-refractivity contribution is 7.15. The highest BCUT2D eigenvalue weighted by Crippen LogP contribution is 2.33. The Morgan fingerprint density at radius 1 is 0.857 bits per heavy atom. The van der Waals surface area contributed by atoms with E-state index in [1.807, 2.05) is 11.3 Å². The molecule has 2 aromatic rings. The molecule has 0 aromatic carbocycles. The average molecular weight is 420 g/mol. The first-order valence-electron chi connectivity index (χ1n) is 11.3. The van der Waals surface area contributed by atoms with Crippen LogP contribution in [-0.2, 0) is 25.7 Å². The largest absolute Gasteiger partial charge is 0.375 e. The van der Waals surface area contributed by atoms with Crippen LogP contribution in [0.15, 0.2) is 0 Å². The molecule has 0 amide bonds. The number of hydrogen-bond acceptors (Lipinski definition) is 5. The zero-order valence-corrected chi connectivity index (χ0v) is 19.6. The normalized spacial score (nSPS) is 20.8. The lowest BCUT2D eigenvalue weighted by Gasteiger charge is -2.20. The quantitative estimate of drug-likeness (QED) is 0.562. The second kappa shape index (κ2) is 10.7. The van der Waals surface area contributed by atoms with E-state index in [0.29, 0.717) is 0 Å². The molecule has 2 atom stereocenters. The van der Waals surface area contributed by atoms with Crippen molar-refractivity contribution in [1.29, 1.82) is 0 Å². The van der Waals surface area contributed by atoms with Crippen LogP contribution in [0.25, 0.3) is 0 Å². The van der Waals surface area contributed by atoms with E-state index in [1.165, 1.54) is 91.9 Å². The fourth-order valence-electron chi connectivity index (χ4n) is 4.51. The van der Waals surface area contributed by atoms with Gasteiger partial charge >= 0.3 is 0 Å². The van der Waals surface area contributed by atoms with E-state index in [0.717, 1.165) is 23.4 Å². The molecule has 0 aliphatic heterocycles. The van der Waals surface area contributed by atoms with Gasteiger partial charge in [-0.05, 0) is 57.3 Å². The number of fused-ring (bicyclic) bond motifs is 2. The smallest absolute Gasteiger partial charge is 0.180 e. The Morgan fingerprint density at radius 3 is 1.96 bits per heavy atom. The van der Waals surface area contributed by atoms with Gasteiger partial charge in [-0.2, -0.15) is 0 Å². The van der Waals surface area contributed by atoms with Gasteiger partial charge in [0.25, 0.3) is 0 Å². The topological polar surface area (TPSA) is 51.8 Å². The first kappa shape index (κ1) is 21.8. The number of aromatic nitrogens is 2. The molecule has 3 nitrogen and oxygen atoms in total. The van der Waals surface area contributed by atoms with Crippen molar-refractivity contribution >= 4 is 27.8 Å². The third-order valence-corrected chi connectivity index (χ3v) is 8.12. The number of rotatable bonds is 6. The molecule has 0 fully saturated rings. The number of anilines is 1. The van der Waals surface area contributed by atoms with Crippen molar-refractivity contribution in [3.05, 3.63) is 26.1 Å². The Bertz CT molecular complexity index is 672. The zero-order valence-electron chi connectivity index (χ0n) is 17.9. The Labute approximate surface area is 179 Å².